The molecule has 0 atom stereocenters. The molecule has 0 spiro atoms. The number of fused-ring (bicyclic) bond motifs is 1. The van der Waals surface area contributed by atoms with Gasteiger partial charge in [0.1, 0.15) is 16.9 Å². The fourth-order valence-corrected chi connectivity index (χ4v) is 2.28. The molecule has 3 aromatic rings. The summed E-state index contributed by atoms with van der Waals surface area (Å²) in [6.07, 6.45) is 1.33. The van der Waals surface area contributed by atoms with E-state index in [4.69, 9.17) is 4.74 Å². The second-order valence-corrected chi connectivity index (χ2v) is 5.09. The van der Waals surface area contributed by atoms with E-state index in [1.54, 1.807) is 24.3 Å². The van der Waals surface area contributed by atoms with Crippen molar-refractivity contribution in [2.75, 3.05) is 7.11 Å². The highest BCUT2D eigenvalue weighted by atomic mass is 19.1. The van der Waals surface area contributed by atoms with Gasteiger partial charge in [-0.1, -0.05) is 12.1 Å². The minimum Gasteiger partial charge on any atom is -0.481 e. The highest BCUT2D eigenvalue weighted by Gasteiger charge is 2.14. The van der Waals surface area contributed by atoms with Gasteiger partial charge in [-0.15, -0.1) is 0 Å². The summed E-state index contributed by atoms with van der Waals surface area (Å²) in [6, 6.07) is 9.13. The van der Waals surface area contributed by atoms with Crippen LogP contribution in [0.1, 0.15) is 15.9 Å². The number of rotatable bonds is 4. The molecular weight excluding hydrogens is 313 g/mol. The molecular formula is C17H14FN3O3. The van der Waals surface area contributed by atoms with Crippen molar-refractivity contribution >= 4 is 16.9 Å². The third-order valence-electron chi connectivity index (χ3n) is 3.50. The number of nitrogens with zero attached hydrogens (tertiary/aromatic N) is 1. The van der Waals surface area contributed by atoms with Crippen LogP contribution in [0.2, 0.25) is 0 Å². The molecule has 122 valence electrons. The first-order valence-corrected chi connectivity index (χ1v) is 7.17. The van der Waals surface area contributed by atoms with E-state index in [0.29, 0.717) is 11.1 Å². The minimum atomic E-state index is -0.563. The number of amides is 1. The molecule has 0 aliphatic carbocycles. The Balaban J connectivity index is 1.87. The zero-order valence-corrected chi connectivity index (χ0v) is 12.8. The van der Waals surface area contributed by atoms with Gasteiger partial charge in [0.05, 0.1) is 12.6 Å². The molecule has 1 aromatic carbocycles. The second kappa shape index (κ2) is 6.49. The van der Waals surface area contributed by atoms with Crippen LogP contribution >= 0.6 is 0 Å². The van der Waals surface area contributed by atoms with E-state index in [-0.39, 0.29) is 29.3 Å². The molecule has 3 rings (SSSR count). The van der Waals surface area contributed by atoms with Crippen molar-refractivity contribution in [1.29, 1.82) is 0 Å². The Kier molecular flexibility index (Phi) is 4.24. The highest BCUT2D eigenvalue weighted by molar-refractivity contribution is 5.96. The quantitative estimate of drug-likeness (QED) is 0.768. The molecule has 24 heavy (non-hydrogen) atoms. The molecule has 0 unspecified atom stereocenters. The Bertz CT molecular complexity index is 969. The van der Waals surface area contributed by atoms with Crippen molar-refractivity contribution in [2.45, 2.75) is 6.54 Å². The summed E-state index contributed by atoms with van der Waals surface area (Å²) in [5.74, 6) is -0.668. The van der Waals surface area contributed by atoms with Crippen LogP contribution in [0, 0.1) is 5.82 Å². The molecule has 0 bridgehead atoms. The first-order valence-electron chi connectivity index (χ1n) is 7.17. The zero-order valence-electron chi connectivity index (χ0n) is 12.8. The van der Waals surface area contributed by atoms with Gasteiger partial charge in [-0.25, -0.2) is 9.37 Å². The summed E-state index contributed by atoms with van der Waals surface area (Å²) in [7, 11) is 1.44. The number of carbonyl (C=O) groups is 1. The smallest absolute Gasteiger partial charge is 0.257 e. The number of hydrogen-bond donors (Lipinski definition) is 2. The number of nitrogens with one attached hydrogen (secondary N) is 2. The third kappa shape index (κ3) is 3.10. The van der Waals surface area contributed by atoms with E-state index in [0.717, 1.165) is 0 Å². The normalized spacial score (nSPS) is 10.6. The van der Waals surface area contributed by atoms with Crippen LogP contribution in [0.3, 0.4) is 0 Å². The molecule has 0 aliphatic heterocycles. The predicted octanol–water partition coefficient (Wildman–Crippen LogP) is 2.00. The van der Waals surface area contributed by atoms with Gasteiger partial charge in [0, 0.05) is 18.8 Å². The fraction of sp³-hybridized carbons (Fsp3) is 0.118. The topological polar surface area (TPSA) is 84.1 Å². The van der Waals surface area contributed by atoms with Crippen molar-refractivity contribution in [1.82, 2.24) is 15.3 Å². The van der Waals surface area contributed by atoms with E-state index < -0.39 is 11.3 Å². The lowest BCUT2D eigenvalue weighted by molar-refractivity contribution is 0.0949. The Morgan fingerprint density at radius 2 is 2.17 bits per heavy atom. The van der Waals surface area contributed by atoms with Gasteiger partial charge >= 0.3 is 0 Å². The summed E-state index contributed by atoms with van der Waals surface area (Å²) in [5, 5.41) is 2.59. The number of pyridine rings is 2. The molecule has 2 N–H and O–H groups in total. The Labute approximate surface area is 136 Å². The standard InChI is InChI=1S/C17H14FN3O3/c1-24-14-6-5-13-15(21-14)16(22)12(9-19-13)17(23)20-8-10-3-2-4-11(18)7-10/h2-7,9H,8H2,1H3,(H,19,22)(H,20,23). The zero-order chi connectivity index (χ0) is 17.1. The Morgan fingerprint density at radius 1 is 1.33 bits per heavy atom. The van der Waals surface area contributed by atoms with Crippen LogP contribution in [0.4, 0.5) is 4.39 Å². The van der Waals surface area contributed by atoms with E-state index in [2.05, 4.69) is 15.3 Å². The largest absolute Gasteiger partial charge is 0.481 e. The average molecular weight is 327 g/mol. The maximum absolute atomic E-state index is 13.1. The van der Waals surface area contributed by atoms with Gasteiger partial charge in [-0.3, -0.25) is 9.59 Å². The molecule has 0 saturated carbocycles. The summed E-state index contributed by atoms with van der Waals surface area (Å²) in [6.45, 7) is 0.111. The first kappa shape index (κ1) is 15.7. The van der Waals surface area contributed by atoms with E-state index in [1.165, 1.54) is 25.4 Å². The molecule has 1 amide bonds. The van der Waals surface area contributed by atoms with Gasteiger partial charge in [0.2, 0.25) is 11.3 Å². The number of H-pyrrole nitrogens is 1. The van der Waals surface area contributed by atoms with Crippen LogP contribution in [-0.2, 0) is 6.54 Å². The highest BCUT2D eigenvalue weighted by Crippen LogP contribution is 2.12. The van der Waals surface area contributed by atoms with Gasteiger partial charge in [0.15, 0.2) is 0 Å². The third-order valence-corrected chi connectivity index (χ3v) is 3.50. The van der Waals surface area contributed by atoms with Crippen LogP contribution in [-0.4, -0.2) is 23.0 Å². The first-order chi connectivity index (χ1) is 11.6. The Hall–Kier alpha value is -3.22. The molecule has 0 saturated heterocycles. The number of aromatic amines is 1. The van der Waals surface area contributed by atoms with Gasteiger partial charge in [-0.2, -0.15) is 0 Å². The van der Waals surface area contributed by atoms with E-state index in [1.807, 2.05) is 0 Å². The number of aromatic nitrogens is 2. The van der Waals surface area contributed by atoms with Crippen LogP contribution < -0.4 is 15.5 Å². The van der Waals surface area contributed by atoms with Gasteiger partial charge in [-0.05, 0) is 23.8 Å². The van der Waals surface area contributed by atoms with Crippen LogP contribution in [0.15, 0.2) is 47.4 Å². The van der Waals surface area contributed by atoms with E-state index >= 15 is 0 Å². The van der Waals surface area contributed by atoms with Crippen LogP contribution in [0.25, 0.3) is 11.0 Å². The van der Waals surface area contributed by atoms with Gasteiger partial charge < -0.3 is 15.0 Å². The van der Waals surface area contributed by atoms with Crippen molar-refractivity contribution in [3.05, 3.63) is 69.8 Å². The van der Waals surface area contributed by atoms with Crippen molar-refractivity contribution in [3.63, 3.8) is 0 Å². The number of hydrogen-bond acceptors (Lipinski definition) is 4. The molecule has 2 aromatic heterocycles. The lowest BCUT2D eigenvalue weighted by Crippen LogP contribution is -2.28. The SMILES string of the molecule is COc1ccc2[nH]cc(C(=O)NCc3cccc(F)c3)c(=O)c2n1. The lowest BCUT2D eigenvalue weighted by atomic mass is 10.2. The number of halogens is 1. The molecule has 2 heterocycles. The minimum absolute atomic E-state index is 0.0698. The van der Waals surface area contributed by atoms with Crippen molar-refractivity contribution < 1.29 is 13.9 Å². The number of carbonyl (C=O) groups excluding carboxylic acids is 1. The van der Waals surface area contributed by atoms with Gasteiger partial charge in [0.25, 0.3) is 5.91 Å². The van der Waals surface area contributed by atoms with E-state index in [9.17, 15) is 14.0 Å². The molecule has 6 nitrogen and oxygen atoms in total. The molecule has 0 fully saturated rings. The average Bonchev–Trinajstić information content (AvgIpc) is 2.60. The number of benzene rings is 1. The molecule has 7 heteroatoms. The lowest BCUT2D eigenvalue weighted by Gasteiger charge is -2.06. The fourth-order valence-electron chi connectivity index (χ4n) is 2.28. The Morgan fingerprint density at radius 3 is 2.92 bits per heavy atom. The summed E-state index contributed by atoms with van der Waals surface area (Å²) >= 11 is 0. The van der Waals surface area contributed by atoms with Crippen LogP contribution in [0.5, 0.6) is 5.88 Å². The second-order valence-electron chi connectivity index (χ2n) is 5.09. The maximum Gasteiger partial charge on any atom is 0.257 e. The van der Waals surface area contributed by atoms with Crippen molar-refractivity contribution in [3.8, 4) is 5.88 Å². The summed E-state index contributed by atoms with van der Waals surface area (Å²) < 4.78 is 18.1. The number of methoxy groups -OCH3 is 1. The monoisotopic (exact) mass is 327 g/mol. The summed E-state index contributed by atoms with van der Waals surface area (Å²) in [4.78, 5) is 31.6. The predicted molar refractivity (Wildman–Crippen MR) is 86.5 cm³/mol. The number of ether oxygens (including phenoxy) is 1. The molecule has 0 radical (unpaired) electrons. The van der Waals surface area contributed by atoms with Crippen molar-refractivity contribution in [2.24, 2.45) is 0 Å². The maximum atomic E-state index is 13.1. The molecule has 0 aliphatic rings. The summed E-state index contributed by atoms with van der Waals surface area (Å²) in [5.41, 5.74) is 0.648.